The molecular weight excluding hydrogens is 445 g/mol. The molecule has 0 radical (unpaired) electrons. The largest absolute Gasteiger partial charge is 0.351 e. The maximum atomic E-state index is 13.5. The Balaban J connectivity index is 1.27. The molecule has 10 heteroatoms. The maximum absolute atomic E-state index is 13.5. The highest BCUT2D eigenvalue weighted by Gasteiger charge is 2.30. The molecule has 3 heterocycles. The second kappa shape index (κ2) is 9.43. The number of likely N-dealkylation sites (tertiary alicyclic amines) is 1. The average Bonchev–Trinajstić information content (AvgIpc) is 3.37. The molecule has 1 saturated carbocycles. The smallest absolute Gasteiger partial charge is 0.225 e. The Kier molecular flexibility index (Phi) is 6.22. The number of rotatable bonds is 5. The first-order valence-electron chi connectivity index (χ1n) is 11.3. The Labute approximate surface area is 196 Å². The van der Waals surface area contributed by atoms with E-state index < -0.39 is 5.82 Å². The number of carbonyl (C=O) groups excluding carboxylic acids is 1. The fourth-order valence-electron chi connectivity index (χ4n) is 4.59. The first-order valence-corrected chi connectivity index (χ1v) is 11.7. The van der Waals surface area contributed by atoms with Gasteiger partial charge in [0.1, 0.15) is 23.2 Å². The Morgan fingerprint density at radius 1 is 1.09 bits per heavy atom. The molecule has 1 aliphatic heterocycles. The van der Waals surface area contributed by atoms with Gasteiger partial charge in [-0.05, 0) is 56.7 Å². The highest BCUT2D eigenvalue weighted by Crippen LogP contribution is 2.29. The van der Waals surface area contributed by atoms with Gasteiger partial charge in [0.2, 0.25) is 11.9 Å². The number of amides is 1. The van der Waals surface area contributed by atoms with Gasteiger partial charge in [0.05, 0.1) is 11.2 Å². The number of halogens is 2. The average molecular weight is 470 g/mol. The number of aromatic nitrogens is 4. The highest BCUT2D eigenvalue weighted by molar-refractivity contribution is 6.31. The van der Waals surface area contributed by atoms with Crippen LogP contribution in [0.5, 0.6) is 0 Å². The van der Waals surface area contributed by atoms with Gasteiger partial charge in [-0.2, -0.15) is 0 Å². The van der Waals surface area contributed by atoms with Crippen molar-refractivity contribution in [2.75, 3.05) is 23.7 Å². The summed E-state index contributed by atoms with van der Waals surface area (Å²) < 4.78 is 13.5. The van der Waals surface area contributed by atoms with Crippen molar-refractivity contribution in [3.63, 3.8) is 0 Å². The number of hydrogen-bond donors (Lipinski definition) is 2. The molecule has 0 atom stereocenters. The van der Waals surface area contributed by atoms with E-state index in [1.165, 1.54) is 18.5 Å². The van der Waals surface area contributed by atoms with Gasteiger partial charge in [0.15, 0.2) is 5.82 Å². The van der Waals surface area contributed by atoms with Crippen LogP contribution in [0.15, 0.2) is 30.7 Å². The number of hydrogen-bond acceptors (Lipinski definition) is 7. The van der Waals surface area contributed by atoms with Gasteiger partial charge in [0, 0.05) is 30.7 Å². The van der Waals surface area contributed by atoms with E-state index in [-0.39, 0.29) is 17.0 Å². The maximum Gasteiger partial charge on any atom is 0.225 e. The predicted molar refractivity (Wildman–Crippen MR) is 125 cm³/mol. The van der Waals surface area contributed by atoms with E-state index in [1.807, 2.05) is 4.90 Å². The van der Waals surface area contributed by atoms with Gasteiger partial charge >= 0.3 is 0 Å². The molecule has 2 aliphatic rings. The van der Waals surface area contributed by atoms with Crippen molar-refractivity contribution in [1.82, 2.24) is 24.8 Å². The summed E-state index contributed by atoms with van der Waals surface area (Å²) in [6.45, 7) is 1.81. The molecule has 0 spiro atoms. The van der Waals surface area contributed by atoms with Crippen LogP contribution in [-0.2, 0) is 4.79 Å². The van der Waals surface area contributed by atoms with Crippen LogP contribution in [0.1, 0.15) is 38.5 Å². The van der Waals surface area contributed by atoms with E-state index in [4.69, 9.17) is 11.6 Å². The second-order valence-electron chi connectivity index (χ2n) is 8.63. The van der Waals surface area contributed by atoms with Crippen LogP contribution in [0.2, 0.25) is 5.02 Å². The van der Waals surface area contributed by atoms with Gasteiger partial charge < -0.3 is 15.5 Å². The standard InChI is InChI=1S/C23H25ClFN7O/c24-17-11-16(7-8-18(17)25)29-21-20-19(27-13-28-21)12-26-23(31-20)30-15-5-3-14(4-6-15)22(33)32-9-1-2-10-32/h7-8,11-15H,1-6,9-10H2,(H,26,30,31)(H,27,28,29). The SMILES string of the molecule is O=C(C1CCC(Nc2ncc3ncnc(Nc4ccc(F)c(Cl)c4)c3n2)CC1)N1CCCC1. The lowest BCUT2D eigenvalue weighted by atomic mass is 9.85. The zero-order valence-corrected chi connectivity index (χ0v) is 18.9. The topological polar surface area (TPSA) is 95.9 Å². The molecule has 2 N–H and O–H groups in total. The van der Waals surface area contributed by atoms with Gasteiger partial charge in [-0.25, -0.2) is 24.3 Å². The van der Waals surface area contributed by atoms with Crippen LogP contribution in [0, 0.1) is 11.7 Å². The normalized spacial score (nSPS) is 20.7. The van der Waals surface area contributed by atoms with Gasteiger partial charge in [-0.15, -0.1) is 0 Å². The molecule has 1 aromatic carbocycles. The number of nitrogens with zero attached hydrogens (tertiary/aromatic N) is 5. The Morgan fingerprint density at radius 2 is 1.88 bits per heavy atom. The number of fused-ring (bicyclic) bond motifs is 1. The lowest BCUT2D eigenvalue weighted by Crippen LogP contribution is -2.37. The number of carbonyl (C=O) groups is 1. The minimum atomic E-state index is -0.486. The van der Waals surface area contributed by atoms with Gasteiger partial charge in [-0.1, -0.05) is 11.6 Å². The molecule has 0 unspecified atom stereocenters. The quantitative estimate of drug-likeness (QED) is 0.565. The molecule has 172 valence electrons. The number of anilines is 3. The van der Waals surface area contributed by atoms with Gasteiger partial charge in [0.25, 0.3) is 0 Å². The Bertz CT molecular complexity index is 1160. The Morgan fingerprint density at radius 3 is 2.64 bits per heavy atom. The van der Waals surface area contributed by atoms with E-state index >= 15 is 0 Å². The van der Waals surface area contributed by atoms with E-state index in [2.05, 4.69) is 30.6 Å². The van der Waals surface area contributed by atoms with E-state index in [0.29, 0.717) is 34.4 Å². The van der Waals surface area contributed by atoms with Crippen LogP contribution < -0.4 is 10.6 Å². The third-order valence-corrected chi connectivity index (χ3v) is 6.68. The third-order valence-electron chi connectivity index (χ3n) is 6.39. The first-order chi connectivity index (χ1) is 16.1. The minimum absolute atomic E-state index is 0.0224. The molecule has 33 heavy (non-hydrogen) atoms. The lowest BCUT2D eigenvalue weighted by Gasteiger charge is -2.30. The summed E-state index contributed by atoms with van der Waals surface area (Å²) in [7, 11) is 0. The first kappa shape index (κ1) is 21.8. The summed E-state index contributed by atoms with van der Waals surface area (Å²) >= 11 is 5.89. The van der Waals surface area contributed by atoms with Crippen molar-refractivity contribution in [2.24, 2.45) is 5.92 Å². The van der Waals surface area contributed by atoms with Crippen molar-refractivity contribution >= 4 is 46.0 Å². The minimum Gasteiger partial charge on any atom is -0.351 e. The zero-order valence-electron chi connectivity index (χ0n) is 18.1. The summed E-state index contributed by atoms with van der Waals surface area (Å²) in [4.78, 5) is 32.3. The Hall–Kier alpha value is -3.07. The third kappa shape index (κ3) is 4.83. The van der Waals surface area contributed by atoms with Crippen molar-refractivity contribution in [2.45, 2.75) is 44.6 Å². The van der Waals surface area contributed by atoms with E-state index in [1.54, 1.807) is 12.3 Å². The summed E-state index contributed by atoms with van der Waals surface area (Å²) in [5.41, 5.74) is 1.73. The summed E-state index contributed by atoms with van der Waals surface area (Å²) in [6, 6.07) is 4.58. The summed E-state index contributed by atoms with van der Waals surface area (Å²) in [6.07, 6.45) is 8.87. The van der Waals surface area contributed by atoms with Crippen LogP contribution in [-0.4, -0.2) is 49.9 Å². The lowest BCUT2D eigenvalue weighted by molar-refractivity contribution is -0.135. The molecule has 8 nitrogen and oxygen atoms in total. The monoisotopic (exact) mass is 469 g/mol. The van der Waals surface area contributed by atoms with Crippen molar-refractivity contribution in [1.29, 1.82) is 0 Å². The zero-order chi connectivity index (χ0) is 22.8. The molecular formula is C23H25ClFN7O. The second-order valence-corrected chi connectivity index (χ2v) is 9.04. The van der Waals surface area contributed by atoms with Crippen molar-refractivity contribution in [3.8, 4) is 0 Å². The fraction of sp³-hybridized carbons (Fsp3) is 0.435. The molecule has 0 bridgehead atoms. The fourth-order valence-corrected chi connectivity index (χ4v) is 4.77. The summed E-state index contributed by atoms with van der Waals surface area (Å²) in [5, 5.41) is 6.56. The van der Waals surface area contributed by atoms with Crippen molar-refractivity contribution < 1.29 is 9.18 Å². The molecule has 5 rings (SSSR count). The molecule has 1 amide bonds. The molecule has 3 aromatic rings. The van der Waals surface area contributed by atoms with E-state index in [9.17, 15) is 9.18 Å². The number of benzene rings is 1. The van der Waals surface area contributed by atoms with Crippen LogP contribution >= 0.6 is 11.6 Å². The summed E-state index contributed by atoms with van der Waals surface area (Å²) in [5.74, 6) is 0.937. The molecule has 1 saturated heterocycles. The van der Waals surface area contributed by atoms with E-state index in [0.717, 1.165) is 51.6 Å². The van der Waals surface area contributed by atoms with Crippen LogP contribution in [0.3, 0.4) is 0 Å². The van der Waals surface area contributed by atoms with Crippen molar-refractivity contribution in [3.05, 3.63) is 41.6 Å². The van der Waals surface area contributed by atoms with Crippen LogP contribution in [0.4, 0.5) is 21.8 Å². The molecule has 1 aliphatic carbocycles. The molecule has 2 aromatic heterocycles. The molecule has 2 fully saturated rings. The van der Waals surface area contributed by atoms with Gasteiger partial charge in [-0.3, -0.25) is 4.79 Å². The van der Waals surface area contributed by atoms with Crippen LogP contribution in [0.25, 0.3) is 11.0 Å². The number of nitrogens with one attached hydrogen (secondary N) is 2. The predicted octanol–water partition coefficient (Wildman–Crippen LogP) is 4.55. The highest BCUT2D eigenvalue weighted by atomic mass is 35.5.